The SMILES string of the molecule is O=C(CCCl)NC(=O)N1CCN(c2nccs2)CC1. The lowest BCUT2D eigenvalue weighted by Crippen LogP contribution is -2.52. The van der Waals surface area contributed by atoms with Crippen molar-refractivity contribution < 1.29 is 9.59 Å². The molecule has 0 aromatic carbocycles. The summed E-state index contributed by atoms with van der Waals surface area (Å²) in [6.45, 7) is 2.62. The molecule has 2 heterocycles. The predicted molar refractivity (Wildman–Crippen MR) is 74.8 cm³/mol. The number of nitrogens with zero attached hydrogens (tertiary/aromatic N) is 3. The Bertz CT molecular complexity index is 432. The summed E-state index contributed by atoms with van der Waals surface area (Å²) in [6, 6.07) is -0.339. The maximum atomic E-state index is 11.8. The number of aromatic nitrogens is 1. The summed E-state index contributed by atoms with van der Waals surface area (Å²) in [5, 5.41) is 5.23. The molecule has 1 aromatic heterocycles. The minimum atomic E-state index is -0.339. The Morgan fingerprint density at radius 3 is 2.68 bits per heavy atom. The molecule has 8 heteroatoms. The largest absolute Gasteiger partial charge is 0.345 e. The van der Waals surface area contributed by atoms with Crippen molar-refractivity contribution in [3.8, 4) is 0 Å². The lowest BCUT2D eigenvalue weighted by molar-refractivity contribution is -0.119. The van der Waals surface area contributed by atoms with Crippen molar-refractivity contribution in [2.24, 2.45) is 0 Å². The first kappa shape index (κ1) is 14.1. The van der Waals surface area contributed by atoms with Crippen molar-refractivity contribution in [1.29, 1.82) is 0 Å². The second-order valence-corrected chi connectivity index (χ2v) is 5.33. The number of nitrogens with one attached hydrogen (secondary N) is 1. The molecule has 0 radical (unpaired) electrons. The Kier molecular flexibility index (Phi) is 4.98. The van der Waals surface area contributed by atoms with Gasteiger partial charge in [0, 0.05) is 50.1 Å². The highest BCUT2D eigenvalue weighted by molar-refractivity contribution is 7.13. The summed E-state index contributed by atoms with van der Waals surface area (Å²) in [6.07, 6.45) is 1.93. The number of hydrogen-bond donors (Lipinski definition) is 1. The Morgan fingerprint density at radius 2 is 2.11 bits per heavy atom. The van der Waals surface area contributed by atoms with Gasteiger partial charge in [0.25, 0.3) is 0 Å². The fourth-order valence-corrected chi connectivity index (χ4v) is 2.69. The molecule has 3 amide bonds. The van der Waals surface area contributed by atoms with Gasteiger partial charge in [-0.1, -0.05) is 0 Å². The minimum Gasteiger partial charge on any atom is -0.345 e. The van der Waals surface area contributed by atoms with Gasteiger partial charge in [0.15, 0.2) is 5.13 Å². The molecule has 1 N–H and O–H groups in total. The lowest BCUT2D eigenvalue weighted by atomic mass is 10.3. The molecule has 0 bridgehead atoms. The normalized spacial score (nSPS) is 15.4. The number of thiazole rings is 1. The number of carbonyl (C=O) groups is 2. The fourth-order valence-electron chi connectivity index (χ4n) is 1.82. The number of imide groups is 1. The minimum absolute atomic E-state index is 0.159. The first-order chi connectivity index (χ1) is 9.20. The number of halogens is 1. The van der Waals surface area contributed by atoms with E-state index in [-0.39, 0.29) is 24.2 Å². The molecule has 2 rings (SSSR count). The van der Waals surface area contributed by atoms with E-state index in [2.05, 4.69) is 15.2 Å². The van der Waals surface area contributed by atoms with Gasteiger partial charge in [0.2, 0.25) is 5.91 Å². The van der Waals surface area contributed by atoms with Crippen LogP contribution in [0.25, 0.3) is 0 Å². The molecule has 104 valence electrons. The number of rotatable bonds is 3. The molecule has 0 atom stereocenters. The van der Waals surface area contributed by atoms with Crippen molar-refractivity contribution in [3.63, 3.8) is 0 Å². The third-order valence-corrected chi connectivity index (χ3v) is 3.85. The smallest absolute Gasteiger partial charge is 0.324 e. The van der Waals surface area contributed by atoms with Crippen LogP contribution >= 0.6 is 22.9 Å². The van der Waals surface area contributed by atoms with Crippen molar-refractivity contribution in [2.75, 3.05) is 37.0 Å². The molecule has 1 saturated heterocycles. The summed E-state index contributed by atoms with van der Waals surface area (Å²) in [4.78, 5) is 31.1. The second kappa shape index (κ2) is 6.72. The molecular formula is C11H15ClN4O2S. The zero-order valence-electron chi connectivity index (χ0n) is 10.3. The third kappa shape index (κ3) is 3.81. The molecule has 0 unspecified atom stereocenters. The summed E-state index contributed by atoms with van der Waals surface area (Å²) >= 11 is 7.03. The van der Waals surface area contributed by atoms with E-state index in [1.54, 1.807) is 22.4 Å². The van der Waals surface area contributed by atoms with E-state index in [4.69, 9.17) is 11.6 Å². The van der Waals surface area contributed by atoms with Crippen LogP contribution in [0.3, 0.4) is 0 Å². The zero-order chi connectivity index (χ0) is 13.7. The van der Waals surface area contributed by atoms with Crippen LogP contribution in [0.4, 0.5) is 9.93 Å². The predicted octanol–water partition coefficient (Wildman–Crippen LogP) is 1.13. The second-order valence-electron chi connectivity index (χ2n) is 4.08. The van der Waals surface area contributed by atoms with Gasteiger partial charge < -0.3 is 9.80 Å². The number of alkyl halides is 1. The number of hydrogen-bond acceptors (Lipinski definition) is 5. The highest BCUT2D eigenvalue weighted by Gasteiger charge is 2.23. The first-order valence-electron chi connectivity index (χ1n) is 6.00. The topological polar surface area (TPSA) is 65.5 Å². The Morgan fingerprint density at radius 1 is 1.37 bits per heavy atom. The average molecular weight is 303 g/mol. The van der Waals surface area contributed by atoms with Crippen LogP contribution in [-0.2, 0) is 4.79 Å². The van der Waals surface area contributed by atoms with Gasteiger partial charge >= 0.3 is 6.03 Å². The third-order valence-electron chi connectivity index (χ3n) is 2.82. The van der Waals surface area contributed by atoms with Crippen molar-refractivity contribution >= 4 is 40.0 Å². The van der Waals surface area contributed by atoms with Crippen molar-refractivity contribution in [2.45, 2.75) is 6.42 Å². The maximum Gasteiger partial charge on any atom is 0.324 e. The van der Waals surface area contributed by atoms with Crippen LogP contribution in [-0.4, -0.2) is 53.9 Å². The standard InChI is InChI=1S/C11H15ClN4O2S/c12-2-1-9(17)14-10(18)15-4-6-16(7-5-15)11-13-3-8-19-11/h3,8H,1-2,4-7H2,(H,14,17,18). The maximum absolute atomic E-state index is 11.8. The molecular weight excluding hydrogens is 288 g/mol. The van der Waals surface area contributed by atoms with E-state index in [0.717, 1.165) is 18.2 Å². The molecule has 1 fully saturated rings. The van der Waals surface area contributed by atoms with E-state index in [0.29, 0.717) is 13.1 Å². The number of amides is 3. The number of piperazine rings is 1. The van der Waals surface area contributed by atoms with Gasteiger partial charge in [-0.15, -0.1) is 22.9 Å². The highest BCUT2D eigenvalue weighted by atomic mass is 35.5. The van der Waals surface area contributed by atoms with Gasteiger partial charge in [0.1, 0.15) is 0 Å². The Hall–Kier alpha value is -1.34. The van der Waals surface area contributed by atoms with Gasteiger partial charge in [-0.05, 0) is 0 Å². The van der Waals surface area contributed by atoms with Gasteiger partial charge in [0.05, 0.1) is 0 Å². The van der Waals surface area contributed by atoms with Crippen molar-refractivity contribution in [1.82, 2.24) is 15.2 Å². The summed E-state index contributed by atoms with van der Waals surface area (Å²) in [5.74, 6) is -0.112. The van der Waals surface area contributed by atoms with E-state index in [1.165, 1.54) is 0 Å². The summed E-state index contributed by atoms with van der Waals surface area (Å²) in [7, 11) is 0. The van der Waals surface area contributed by atoms with Crippen LogP contribution in [0.15, 0.2) is 11.6 Å². The molecule has 1 aromatic rings. The molecule has 0 aliphatic carbocycles. The fraction of sp³-hybridized carbons (Fsp3) is 0.545. The Labute approximate surface area is 120 Å². The molecule has 6 nitrogen and oxygen atoms in total. The molecule has 19 heavy (non-hydrogen) atoms. The van der Waals surface area contributed by atoms with E-state index in [9.17, 15) is 9.59 Å². The van der Waals surface area contributed by atoms with Crippen LogP contribution < -0.4 is 10.2 Å². The van der Waals surface area contributed by atoms with Crippen LogP contribution in [0.5, 0.6) is 0 Å². The number of urea groups is 1. The highest BCUT2D eigenvalue weighted by Crippen LogP contribution is 2.18. The van der Waals surface area contributed by atoms with E-state index >= 15 is 0 Å². The summed E-state index contributed by atoms with van der Waals surface area (Å²) < 4.78 is 0. The molecule has 0 spiro atoms. The number of carbonyl (C=O) groups excluding carboxylic acids is 2. The quantitative estimate of drug-likeness (QED) is 0.850. The molecule has 0 saturated carbocycles. The molecule has 1 aliphatic heterocycles. The van der Waals surface area contributed by atoms with Crippen LogP contribution in [0.2, 0.25) is 0 Å². The van der Waals surface area contributed by atoms with E-state index < -0.39 is 0 Å². The van der Waals surface area contributed by atoms with Gasteiger partial charge in [-0.25, -0.2) is 9.78 Å². The van der Waals surface area contributed by atoms with Crippen molar-refractivity contribution in [3.05, 3.63) is 11.6 Å². The van der Waals surface area contributed by atoms with Crippen LogP contribution in [0, 0.1) is 0 Å². The lowest BCUT2D eigenvalue weighted by Gasteiger charge is -2.34. The first-order valence-corrected chi connectivity index (χ1v) is 7.41. The summed E-state index contributed by atoms with van der Waals surface area (Å²) in [5.41, 5.74) is 0. The zero-order valence-corrected chi connectivity index (χ0v) is 11.9. The molecule has 1 aliphatic rings. The van der Waals surface area contributed by atoms with Crippen LogP contribution in [0.1, 0.15) is 6.42 Å². The average Bonchev–Trinajstić information content (AvgIpc) is 2.93. The van der Waals surface area contributed by atoms with Gasteiger partial charge in [-0.2, -0.15) is 0 Å². The Balaban J connectivity index is 1.79. The number of anilines is 1. The monoisotopic (exact) mass is 302 g/mol. The van der Waals surface area contributed by atoms with E-state index in [1.807, 2.05) is 5.38 Å². The van der Waals surface area contributed by atoms with Gasteiger partial charge in [-0.3, -0.25) is 10.1 Å².